The average Bonchev–Trinajstić information content (AvgIpc) is 3.19. The van der Waals surface area contributed by atoms with Gasteiger partial charge in [0.1, 0.15) is 10.1 Å². The second kappa shape index (κ2) is 6.89. The molecule has 5 nitrogen and oxygen atoms in total. The van der Waals surface area contributed by atoms with Gasteiger partial charge in [0, 0.05) is 4.88 Å². The van der Waals surface area contributed by atoms with Crippen LogP contribution >= 0.6 is 23.1 Å². The number of aromatic nitrogens is 2. The molecule has 3 aromatic rings. The van der Waals surface area contributed by atoms with Crippen molar-refractivity contribution in [1.82, 2.24) is 9.55 Å². The van der Waals surface area contributed by atoms with Crippen molar-refractivity contribution in [1.29, 1.82) is 0 Å². The Kier molecular flexibility index (Phi) is 4.58. The maximum absolute atomic E-state index is 13.3. The molecule has 4 rings (SSSR count). The highest BCUT2D eigenvalue weighted by Gasteiger charge is 2.25. The van der Waals surface area contributed by atoms with E-state index in [1.165, 1.54) is 4.88 Å². The Morgan fingerprint density at radius 1 is 1.35 bits per heavy atom. The predicted molar refractivity (Wildman–Crippen MR) is 104 cm³/mol. The summed E-state index contributed by atoms with van der Waals surface area (Å²) in [6.07, 6.45) is 3.01. The van der Waals surface area contributed by atoms with Crippen molar-refractivity contribution in [2.24, 2.45) is 0 Å². The fraction of sp³-hybridized carbons (Fsp3) is 0.316. The van der Waals surface area contributed by atoms with Gasteiger partial charge in [0.15, 0.2) is 5.16 Å². The third-order valence-electron chi connectivity index (χ3n) is 4.60. The van der Waals surface area contributed by atoms with E-state index in [0.29, 0.717) is 11.7 Å². The fourth-order valence-electron chi connectivity index (χ4n) is 3.26. The number of carboxylic acid groups (broad SMARTS) is 1. The number of aliphatic carboxylic acids is 1. The van der Waals surface area contributed by atoms with Gasteiger partial charge in [-0.25, -0.2) is 4.98 Å². The second-order valence-corrected chi connectivity index (χ2v) is 8.80. The number of thioether (sulfide) groups is 1. The minimum atomic E-state index is -0.913. The minimum Gasteiger partial charge on any atom is -0.480 e. The molecule has 0 saturated heterocycles. The molecule has 0 aliphatic heterocycles. The first kappa shape index (κ1) is 17.3. The molecule has 26 heavy (non-hydrogen) atoms. The highest BCUT2D eigenvalue weighted by Crippen LogP contribution is 2.36. The van der Waals surface area contributed by atoms with Crippen molar-refractivity contribution in [3.05, 3.63) is 56.7 Å². The molecule has 0 radical (unpaired) electrons. The zero-order valence-corrected chi connectivity index (χ0v) is 15.9. The highest BCUT2D eigenvalue weighted by molar-refractivity contribution is 8.00. The molecule has 0 saturated carbocycles. The lowest BCUT2D eigenvalue weighted by molar-refractivity contribution is -0.136. The van der Waals surface area contributed by atoms with Crippen LogP contribution in [0.5, 0.6) is 0 Å². The molecule has 2 heterocycles. The van der Waals surface area contributed by atoms with Crippen molar-refractivity contribution >= 4 is 39.3 Å². The van der Waals surface area contributed by atoms with Crippen LogP contribution in [0.2, 0.25) is 0 Å². The maximum Gasteiger partial charge on any atom is 0.316 e. The van der Waals surface area contributed by atoms with Gasteiger partial charge in [-0.1, -0.05) is 42.1 Å². The van der Waals surface area contributed by atoms with Gasteiger partial charge in [-0.15, -0.1) is 11.3 Å². The van der Waals surface area contributed by atoms with E-state index < -0.39 is 11.2 Å². The van der Waals surface area contributed by atoms with E-state index in [9.17, 15) is 14.7 Å². The molecule has 7 heteroatoms. The molecule has 1 N–H and O–H groups in total. The van der Waals surface area contributed by atoms with Gasteiger partial charge in [-0.3, -0.25) is 14.2 Å². The predicted octanol–water partition coefficient (Wildman–Crippen LogP) is 3.56. The zero-order chi connectivity index (χ0) is 18.3. The molecule has 2 aromatic heterocycles. The Labute approximate surface area is 158 Å². The molecule has 0 spiro atoms. The van der Waals surface area contributed by atoms with Gasteiger partial charge < -0.3 is 5.11 Å². The maximum atomic E-state index is 13.3. The summed E-state index contributed by atoms with van der Waals surface area (Å²) in [7, 11) is 0. The number of nitrogens with zero attached hydrogens (tertiary/aromatic N) is 2. The number of fused-ring (bicyclic) bond motifs is 3. The van der Waals surface area contributed by atoms with E-state index in [0.717, 1.165) is 52.4 Å². The van der Waals surface area contributed by atoms with Gasteiger partial charge in [0.25, 0.3) is 5.56 Å². The first-order chi connectivity index (χ1) is 12.5. The number of hydrogen-bond acceptors (Lipinski definition) is 5. The van der Waals surface area contributed by atoms with Crippen LogP contribution < -0.4 is 5.56 Å². The third kappa shape index (κ3) is 3.05. The van der Waals surface area contributed by atoms with Gasteiger partial charge in [0.05, 0.1) is 11.9 Å². The fourth-order valence-corrected chi connectivity index (χ4v) is 5.41. The standard InChI is InChI=1S/C19H18N2O3S2/c1-11(18(23)24)25-19-20-16-15(13-8-5-9-14(13)26-16)17(22)21(19)10-12-6-3-2-4-7-12/h2-4,6-7,11H,5,8-10H2,1H3,(H,23,24)/t11-/m0/s1. The number of benzene rings is 1. The smallest absolute Gasteiger partial charge is 0.316 e. The van der Waals surface area contributed by atoms with Crippen molar-refractivity contribution in [2.45, 2.75) is 43.1 Å². The van der Waals surface area contributed by atoms with Gasteiger partial charge >= 0.3 is 5.97 Å². The minimum absolute atomic E-state index is 0.0571. The summed E-state index contributed by atoms with van der Waals surface area (Å²) in [5.41, 5.74) is 2.08. The van der Waals surface area contributed by atoms with Crippen molar-refractivity contribution in [2.75, 3.05) is 0 Å². The first-order valence-corrected chi connectivity index (χ1v) is 10.2. The summed E-state index contributed by atoms with van der Waals surface area (Å²) in [4.78, 5) is 31.3. The molecule has 0 bridgehead atoms. The Bertz CT molecular complexity index is 1040. The lowest BCUT2D eigenvalue weighted by Gasteiger charge is -2.14. The lowest BCUT2D eigenvalue weighted by atomic mass is 10.2. The summed E-state index contributed by atoms with van der Waals surface area (Å²) >= 11 is 2.71. The van der Waals surface area contributed by atoms with E-state index in [1.54, 1.807) is 22.8 Å². The lowest BCUT2D eigenvalue weighted by Crippen LogP contribution is -2.25. The third-order valence-corrected chi connectivity index (χ3v) is 6.87. The SMILES string of the molecule is C[C@H](Sc1nc2sc3c(c2c(=O)n1Cc1ccccc1)CCC3)C(=O)O. The number of aryl methyl sites for hydroxylation is 2. The van der Waals surface area contributed by atoms with Gasteiger partial charge in [0.2, 0.25) is 0 Å². The van der Waals surface area contributed by atoms with Crippen molar-refractivity contribution in [3.8, 4) is 0 Å². The van der Waals surface area contributed by atoms with Crippen LogP contribution in [-0.4, -0.2) is 25.9 Å². The largest absolute Gasteiger partial charge is 0.480 e. The van der Waals surface area contributed by atoms with Crippen LogP contribution in [0.25, 0.3) is 10.2 Å². The molecule has 0 unspecified atom stereocenters. The number of carboxylic acids is 1. The van der Waals surface area contributed by atoms with E-state index in [-0.39, 0.29) is 5.56 Å². The Balaban J connectivity index is 1.88. The molecule has 1 aromatic carbocycles. The number of hydrogen-bond donors (Lipinski definition) is 1. The van der Waals surface area contributed by atoms with E-state index in [2.05, 4.69) is 0 Å². The highest BCUT2D eigenvalue weighted by atomic mass is 32.2. The van der Waals surface area contributed by atoms with Crippen LogP contribution in [0.4, 0.5) is 0 Å². The molecule has 0 amide bonds. The summed E-state index contributed by atoms with van der Waals surface area (Å²) in [6.45, 7) is 2.01. The topological polar surface area (TPSA) is 72.2 Å². The van der Waals surface area contributed by atoms with Crippen LogP contribution in [0.3, 0.4) is 0 Å². The molecule has 0 fully saturated rings. The molecular formula is C19H18N2O3S2. The Morgan fingerprint density at radius 3 is 2.85 bits per heavy atom. The Morgan fingerprint density at radius 2 is 2.12 bits per heavy atom. The Hall–Kier alpha value is -2.12. The number of carbonyl (C=O) groups is 1. The van der Waals surface area contributed by atoms with Crippen LogP contribution in [0.1, 0.15) is 29.3 Å². The van der Waals surface area contributed by atoms with Crippen LogP contribution in [0.15, 0.2) is 40.3 Å². The second-order valence-electron chi connectivity index (χ2n) is 6.41. The molecular weight excluding hydrogens is 368 g/mol. The molecule has 1 aliphatic carbocycles. The summed E-state index contributed by atoms with van der Waals surface area (Å²) in [6, 6.07) is 9.72. The quantitative estimate of drug-likeness (QED) is 0.536. The van der Waals surface area contributed by atoms with E-state index in [4.69, 9.17) is 4.98 Å². The molecule has 1 atom stereocenters. The zero-order valence-electron chi connectivity index (χ0n) is 14.3. The van der Waals surface area contributed by atoms with Crippen LogP contribution in [-0.2, 0) is 24.2 Å². The van der Waals surface area contributed by atoms with E-state index in [1.807, 2.05) is 30.3 Å². The van der Waals surface area contributed by atoms with Gasteiger partial charge in [-0.2, -0.15) is 0 Å². The number of thiophene rings is 1. The summed E-state index contributed by atoms with van der Waals surface area (Å²) in [5.74, 6) is -0.913. The molecule has 134 valence electrons. The number of rotatable bonds is 5. The normalized spacial score (nSPS) is 14.5. The first-order valence-electron chi connectivity index (χ1n) is 8.53. The summed E-state index contributed by atoms with van der Waals surface area (Å²) in [5, 5.41) is 9.80. The monoisotopic (exact) mass is 386 g/mol. The van der Waals surface area contributed by atoms with Crippen LogP contribution in [0, 0.1) is 0 Å². The average molecular weight is 386 g/mol. The van der Waals surface area contributed by atoms with Crippen molar-refractivity contribution < 1.29 is 9.90 Å². The van der Waals surface area contributed by atoms with E-state index >= 15 is 0 Å². The van der Waals surface area contributed by atoms with Crippen molar-refractivity contribution in [3.63, 3.8) is 0 Å². The summed E-state index contributed by atoms with van der Waals surface area (Å²) < 4.78 is 1.63. The molecule has 1 aliphatic rings. The van der Waals surface area contributed by atoms with Gasteiger partial charge in [-0.05, 0) is 37.3 Å².